The Morgan fingerprint density at radius 1 is 1.80 bits per heavy atom. The monoisotopic (exact) mass is 180 g/mol. The van der Waals surface area contributed by atoms with Crippen LogP contribution in [-0.2, 0) is 4.29 Å². The van der Waals surface area contributed by atoms with Gasteiger partial charge in [-0.2, -0.15) is 12.6 Å². The van der Waals surface area contributed by atoms with E-state index in [1.165, 1.54) is 0 Å². The predicted octanol–water partition coefficient (Wildman–Crippen LogP) is 3.02. The average Bonchev–Trinajstić information content (AvgIpc) is 1.91. The van der Waals surface area contributed by atoms with Gasteiger partial charge in [-0.3, -0.25) is 0 Å². The zero-order valence-electron chi connectivity index (χ0n) is 6.30. The number of rotatable bonds is 4. The molecule has 0 amide bonds. The summed E-state index contributed by atoms with van der Waals surface area (Å²) >= 11 is 9.31. The van der Waals surface area contributed by atoms with Crippen LogP contribution >= 0.6 is 24.5 Å². The van der Waals surface area contributed by atoms with Crippen LogP contribution in [0.1, 0.15) is 20.3 Å². The van der Waals surface area contributed by atoms with Gasteiger partial charge in [-0.05, 0) is 25.2 Å². The van der Waals surface area contributed by atoms with Crippen LogP contribution in [0, 0.1) is 5.92 Å². The summed E-state index contributed by atoms with van der Waals surface area (Å²) in [7, 11) is 0. The molecule has 0 spiro atoms. The fraction of sp³-hybridized carbons (Fsp3) is 0.714. The Hall–Kier alpha value is 0.180. The number of halogens is 1. The highest BCUT2D eigenvalue weighted by atomic mass is 35.5. The summed E-state index contributed by atoms with van der Waals surface area (Å²) in [5.74, 6) is 2.06. The number of allylic oxidation sites excluding steroid dienone is 2. The zero-order chi connectivity index (χ0) is 7.98. The van der Waals surface area contributed by atoms with Gasteiger partial charge in [0.15, 0.2) is 0 Å². The normalized spacial score (nSPS) is 15.0. The lowest BCUT2D eigenvalue weighted by molar-refractivity contribution is 0.383. The third-order valence-electron chi connectivity index (χ3n) is 1.42. The summed E-state index contributed by atoms with van der Waals surface area (Å²) in [5, 5.41) is 0. The van der Waals surface area contributed by atoms with Crippen LogP contribution < -0.4 is 0 Å². The molecule has 0 aromatic carbocycles. The molecule has 1 nitrogen and oxygen atoms in total. The molecule has 0 saturated heterocycles. The van der Waals surface area contributed by atoms with Crippen LogP contribution in [0.15, 0.2) is 11.8 Å². The van der Waals surface area contributed by atoms with E-state index in [1.54, 1.807) is 0 Å². The molecular weight excluding hydrogens is 168 g/mol. The van der Waals surface area contributed by atoms with Crippen molar-refractivity contribution in [2.24, 2.45) is 5.92 Å². The smallest absolute Gasteiger partial charge is 0.134 e. The molecule has 0 aliphatic rings. The standard InChI is InChI=1S/C7H13ClOS/c1-3-7(9-8)6(2)4-5-10/h3,6,10H,4-5H2,1-2H3/b7-3-/t6-/m1/s1. The van der Waals surface area contributed by atoms with E-state index in [0.717, 1.165) is 17.9 Å². The Labute approximate surface area is 73.0 Å². The highest BCUT2D eigenvalue weighted by Gasteiger charge is 2.07. The Morgan fingerprint density at radius 2 is 2.40 bits per heavy atom. The zero-order valence-corrected chi connectivity index (χ0v) is 7.95. The van der Waals surface area contributed by atoms with Gasteiger partial charge in [0.05, 0.1) is 0 Å². The highest BCUT2D eigenvalue weighted by Crippen LogP contribution is 2.17. The minimum absolute atomic E-state index is 0.375. The van der Waals surface area contributed by atoms with Crippen LogP contribution in [0.25, 0.3) is 0 Å². The Balaban J connectivity index is 3.77. The molecule has 0 unspecified atom stereocenters. The van der Waals surface area contributed by atoms with Crippen molar-refractivity contribution in [1.29, 1.82) is 0 Å². The predicted molar refractivity (Wildman–Crippen MR) is 48.3 cm³/mol. The molecule has 0 N–H and O–H groups in total. The van der Waals surface area contributed by atoms with Crippen molar-refractivity contribution >= 4 is 24.5 Å². The van der Waals surface area contributed by atoms with Gasteiger partial charge in [0.2, 0.25) is 0 Å². The first-order valence-corrected chi connectivity index (χ1v) is 4.26. The van der Waals surface area contributed by atoms with Gasteiger partial charge in [0, 0.05) is 5.92 Å². The first kappa shape index (κ1) is 10.2. The maximum Gasteiger partial charge on any atom is 0.134 e. The Bertz CT molecular complexity index is 114. The van der Waals surface area contributed by atoms with E-state index in [9.17, 15) is 0 Å². The van der Waals surface area contributed by atoms with Gasteiger partial charge in [0.1, 0.15) is 17.6 Å². The molecule has 10 heavy (non-hydrogen) atoms. The van der Waals surface area contributed by atoms with Gasteiger partial charge >= 0.3 is 0 Å². The lowest BCUT2D eigenvalue weighted by Crippen LogP contribution is -1.99. The lowest BCUT2D eigenvalue weighted by atomic mass is 10.1. The van der Waals surface area contributed by atoms with Gasteiger partial charge in [0.25, 0.3) is 0 Å². The second-order valence-electron chi connectivity index (χ2n) is 2.18. The maximum absolute atomic E-state index is 5.21. The number of thiol groups is 1. The summed E-state index contributed by atoms with van der Waals surface area (Å²) in [5.41, 5.74) is 0. The fourth-order valence-electron chi connectivity index (χ4n) is 0.741. The van der Waals surface area contributed by atoms with Crippen molar-refractivity contribution in [2.45, 2.75) is 20.3 Å². The van der Waals surface area contributed by atoms with Crippen molar-refractivity contribution in [3.8, 4) is 0 Å². The first-order chi connectivity index (χ1) is 4.76. The van der Waals surface area contributed by atoms with E-state index in [4.69, 9.17) is 11.9 Å². The minimum atomic E-state index is 0.375. The van der Waals surface area contributed by atoms with Crippen LogP contribution in [-0.4, -0.2) is 5.75 Å². The summed E-state index contributed by atoms with van der Waals surface area (Å²) in [4.78, 5) is 0. The van der Waals surface area contributed by atoms with Crippen molar-refractivity contribution in [3.05, 3.63) is 11.8 Å². The van der Waals surface area contributed by atoms with E-state index in [-0.39, 0.29) is 0 Å². The fourth-order valence-corrected chi connectivity index (χ4v) is 1.37. The topological polar surface area (TPSA) is 9.23 Å². The SMILES string of the molecule is C/C=C(\OCl)[C@H](C)CCS. The molecule has 60 valence electrons. The third-order valence-corrected chi connectivity index (χ3v) is 1.86. The van der Waals surface area contributed by atoms with Gasteiger partial charge in [-0.15, -0.1) is 0 Å². The molecule has 0 aliphatic heterocycles. The van der Waals surface area contributed by atoms with E-state index < -0.39 is 0 Å². The highest BCUT2D eigenvalue weighted by molar-refractivity contribution is 7.80. The molecule has 0 heterocycles. The molecule has 0 rings (SSSR count). The second kappa shape index (κ2) is 5.93. The molecule has 0 radical (unpaired) electrons. The van der Waals surface area contributed by atoms with E-state index in [2.05, 4.69) is 23.8 Å². The van der Waals surface area contributed by atoms with E-state index in [0.29, 0.717) is 5.92 Å². The minimum Gasteiger partial charge on any atom is -0.390 e. The first-order valence-electron chi connectivity index (χ1n) is 3.31. The van der Waals surface area contributed by atoms with E-state index in [1.807, 2.05) is 13.0 Å². The molecule has 0 saturated carbocycles. The van der Waals surface area contributed by atoms with Gasteiger partial charge in [-0.1, -0.05) is 6.92 Å². The van der Waals surface area contributed by atoms with Crippen LogP contribution in [0.5, 0.6) is 0 Å². The summed E-state index contributed by atoms with van der Waals surface area (Å²) in [6.07, 6.45) is 2.87. The van der Waals surface area contributed by atoms with Crippen molar-refractivity contribution < 1.29 is 4.29 Å². The molecule has 0 fully saturated rings. The third kappa shape index (κ3) is 3.37. The average molecular weight is 181 g/mol. The molecule has 1 atom stereocenters. The van der Waals surface area contributed by atoms with E-state index >= 15 is 0 Å². The molecule has 3 heteroatoms. The Kier molecular flexibility index (Phi) is 6.03. The number of hydrogen-bond acceptors (Lipinski definition) is 2. The molecule has 0 aromatic heterocycles. The molecule has 0 aliphatic carbocycles. The molecule has 0 bridgehead atoms. The molecular formula is C7H13ClOS. The number of hydrogen-bond donors (Lipinski definition) is 1. The maximum atomic E-state index is 5.21. The summed E-state index contributed by atoms with van der Waals surface area (Å²) in [6, 6.07) is 0. The van der Waals surface area contributed by atoms with Crippen molar-refractivity contribution in [2.75, 3.05) is 5.75 Å². The second-order valence-corrected chi connectivity index (χ2v) is 2.78. The summed E-state index contributed by atoms with van der Waals surface area (Å²) < 4.78 is 4.61. The van der Waals surface area contributed by atoms with Gasteiger partial charge in [-0.25, -0.2) is 0 Å². The van der Waals surface area contributed by atoms with Crippen LogP contribution in [0.3, 0.4) is 0 Å². The van der Waals surface area contributed by atoms with Crippen LogP contribution in [0.2, 0.25) is 0 Å². The quantitative estimate of drug-likeness (QED) is 0.517. The van der Waals surface area contributed by atoms with Gasteiger partial charge < -0.3 is 4.29 Å². The largest absolute Gasteiger partial charge is 0.390 e. The molecule has 0 aromatic rings. The van der Waals surface area contributed by atoms with Crippen LogP contribution in [0.4, 0.5) is 0 Å². The summed E-state index contributed by atoms with van der Waals surface area (Å²) in [6.45, 7) is 3.97. The lowest BCUT2D eigenvalue weighted by Gasteiger charge is -2.09. The Morgan fingerprint density at radius 3 is 2.70 bits per heavy atom. The van der Waals surface area contributed by atoms with Crippen molar-refractivity contribution in [1.82, 2.24) is 0 Å². The van der Waals surface area contributed by atoms with Crippen molar-refractivity contribution in [3.63, 3.8) is 0 Å².